The molecule has 2 amide bonds. The first-order valence-electron chi connectivity index (χ1n) is 11.6. The number of carbonyl (C=O) groups is 2. The van der Waals surface area contributed by atoms with Crippen LogP contribution in [0.2, 0.25) is 25.1 Å². The Hall–Kier alpha value is -3.46. The Labute approximate surface area is 253 Å². The van der Waals surface area contributed by atoms with Gasteiger partial charge in [0.15, 0.2) is 0 Å². The molecule has 0 atom stereocenters. The van der Waals surface area contributed by atoms with Crippen molar-refractivity contribution in [1.82, 2.24) is 9.78 Å². The van der Waals surface area contributed by atoms with Gasteiger partial charge in [0.05, 0.1) is 33.1 Å². The minimum Gasteiger partial charge on any atom is -0.401 e. The Morgan fingerprint density at radius 2 is 1.40 bits per heavy atom. The number of carbonyl (C=O) groups excluding carboxylic acids is 2. The zero-order valence-electron chi connectivity index (χ0n) is 20.2. The number of rotatable bonds is 6. The third-order valence-corrected chi connectivity index (χ3v) is 7.24. The summed E-state index contributed by atoms with van der Waals surface area (Å²) in [6, 6.07) is 21.1. The minimum absolute atomic E-state index is 0.00546. The molecule has 0 bridgehead atoms. The third-order valence-electron chi connectivity index (χ3n) is 5.77. The Morgan fingerprint density at radius 3 is 2.10 bits per heavy atom. The summed E-state index contributed by atoms with van der Waals surface area (Å²) in [4.78, 5) is 25.7. The van der Waals surface area contributed by atoms with E-state index in [-0.39, 0.29) is 28.0 Å². The molecule has 1 aromatic heterocycles. The van der Waals surface area contributed by atoms with Gasteiger partial charge in [0, 0.05) is 26.4 Å². The summed E-state index contributed by atoms with van der Waals surface area (Å²) in [6.45, 7) is 0.251. The van der Waals surface area contributed by atoms with E-state index < -0.39 is 12.0 Å². The molecular weight excluding hydrogens is 618 g/mol. The summed E-state index contributed by atoms with van der Waals surface area (Å²) >= 11 is 30.8. The fraction of sp³-hybridized carbons (Fsp3) is 0.0357. The van der Waals surface area contributed by atoms with Gasteiger partial charge in [0.25, 0.3) is 0 Å². The van der Waals surface area contributed by atoms with E-state index in [0.29, 0.717) is 37.3 Å². The van der Waals surface area contributed by atoms with Crippen molar-refractivity contribution in [2.24, 2.45) is 0 Å². The highest BCUT2D eigenvalue weighted by atomic mass is 35.5. The van der Waals surface area contributed by atoms with Gasteiger partial charge >= 0.3 is 12.0 Å². The summed E-state index contributed by atoms with van der Waals surface area (Å²) in [6.07, 6.45) is 0. The number of anilines is 2. The fourth-order valence-corrected chi connectivity index (χ4v) is 5.04. The number of fused-ring (bicyclic) bond motifs is 1. The maximum atomic E-state index is 13.1. The van der Waals surface area contributed by atoms with Crippen LogP contribution < -0.4 is 15.4 Å². The predicted molar refractivity (Wildman–Crippen MR) is 161 cm³/mol. The lowest BCUT2D eigenvalue weighted by Gasteiger charge is -2.09. The molecule has 0 aliphatic rings. The first-order valence-corrected chi connectivity index (χ1v) is 13.5. The molecule has 5 rings (SSSR count). The van der Waals surface area contributed by atoms with E-state index in [1.807, 2.05) is 0 Å². The average Bonchev–Trinajstić information content (AvgIpc) is 3.23. The molecule has 2 N–H and O–H groups in total. The lowest BCUT2D eigenvalue weighted by atomic mass is 10.2. The number of amides is 2. The lowest BCUT2D eigenvalue weighted by Crippen LogP contribution is -2.19. The van der Waals surface area contributed by atoms with Crippen LogP contribution in [0.25, 0.3) is 10.9 Å². The van der Waals surface area contributed by atoms with Gasteiger partial charge in [0.1, 0.15) is 0 Å². The SMILES string of the molecule is O=C(Nc1ccc(Cl)cc1)Nc1ccc2c(c1)c(OC(=O)c1c(Cl)cccc1Cl)nn2Cc1ccc(Cl)cc1Cl. The molecular formula is C28H17Cl5N4O3. The summed E-state index contributed by atoms with van der Waals surface area (Å²) in [5.41, 5.74) is 2.35. The molecule has 0 radical (unpaired) electrons. The second-order valence-corrected chi connectivity index (χ2v) is 10.6. The van der Waals surface area contributed by atoms with Crippen LogP contribution in [-0.4, -0.2) is 21.8 Å². The van der Waals surface area contributed by atoms with E-state index in [1.54, 1.807) is 71.4 Å². The number of esters is 1. The molecule has 12 heteroatoms. The largest absolute Gasteiger partial charge is 0.401 e. The van der Waals surface area contributed by atoms with Crippen LogP contribution in [0.4, 0.5) is 16.2 Å². The van der Waals surface area contributed by atoms with Crippen LogP contribution >= 0.6 is 58.0 Å². The molecule has 0 aliphatic heterocycles. The van der Waals surface area contributed by atoms with Gasteiger partial charge in [-0.3, -0.25) is 4.68 Å². The number of hydrogen-bond donors (Lipinski definition) is 2. The van der Waals surface area contributed by atoms with Crippen LogP contribution in [0.1, 0.15) is 15.9 Å². The van der Waals surface area contributed by atoms with E-state index in [1.165, 1.54) is 12.1 Å². The first-order chi connectivity index (χ1) is 19.2. The smallest absolute Gasteiger partial charge is 0.347 e. The normalized spacial score (nSPS) is 10.9. The van der Waals surface area contributed by atoms with Crippen LogP contribution in [0.3, 0.4) is 0 Å². The van der Waals surface area contributed by atoms with Gasteiger partial charge < -0.3 is 15.4 Å². The highest BCUT2D eigenvalue weighted by molar-refractivity contribution is 6.39. The standard InChI is InChI=1S/C28H17Cl5N4O3/c29-16-6-8-18(9-7-16)34-28(39)35-19-10-11-24-20(13-19)26(40-27(38)25-21(31)2-1-3-22(25)32)36-37(24)14-15-4-5-17(30)12-23(15)33/h1-13H,14H2,(H2,34,35,39). The molecule has 0 saturated heterocycles. The number of nitrogens with zero attached hydrogens (tertiary/aromatic N) is 2. The van der Waals surface area contributed by atoms with Crippen molar-refractivity contribution in [1.29, 1.82) is 0 Å². The van der Waals surface area contributed by atoms with Gasteiger partial charge in [-0.1, -0.05) is 70.1 Å². The quantitative estimate of drug-likeness (QED) is 0.182. The van der Waals surface area contributed by atoms with Crippen LogP contribution in [0, 0.1) is 0 Å². The summed E-state index contributed by atoms with van der Waals surface area (Å²) in [5, 5.41) is 12.2. The number of nitrogens with one attached hydrogen (secondary N) is 2. The van der Waals surface area contributed by atoms with E-state index in [0.717, 1.165) is 5.56 Å². The van der Waals surface area contributed by atoms with Crippen molar-refractivity contribution in [2.75, 3.05) is 10.6 Å². The maximum absolute atomic E-state index is 13.1. The molecule has 0 unspecified atom stereocenters. The second kappa shape index (κ2) is 12.0. The molecule has 40 heavy (non-hydrogen) atoms. The molecule has 0 saturated carbocycles. The summed E-state index contributed by atoms with van der Waals surface area (Å²) in [7, 11) is 0. The number of hydrogen-bond acceptors (Lipinski definition) is 4. The molecule has 202 valence electrons. The molecule has 0 spiro atoms. The van der Waals surface area contributed by atoms with Crippen LogP contribution in [-0.2, 0) is 6.54 Å². The Kier molecular flexibility index (Phi) is 8.40. The van der Waals surface area contributed by atoms with Crippen molar-refractivity contribution >= 4 is 92.3 Å². The van der Waals surface area contributed by atoms with Crippen molar-refractivity contribution in [2.45, 2.75) is 6.54 Å². The van der Waals surface area contributed by atoms with Gasteiger partial charge in [-0.25, -0.2) is 9.59 Å². The first kappa shape index (κ1) is 28.1. The monoisotopic (exact) mass is 632 g/mol. The summed E-state index contributed by atoms with van der Waals surface area (Å²) < 4.78 is 7.30. The molecule has 7 nitrogen and oxygen atoms in total. The predicted octanol–water partition coefficient (Wildman–Crippen LogP) is 9.21. The number of urea groups is 1. The zero-order valence-corrected chi connectivity index (χ0v) is 24.0. The zero-order chi connectivity index (χ0) is 28.4. The fourth-order valence-electron chi connectivity index (χ4n) is 3.89. The topological polar surface area (TPSA) is 85.2 Å². The number of benzene rings is 4. The highest BCUT2D eigenvalue weighted by Crippen LogP contribution is 2.32. The maximum Gasteiger partial charge on any atom is 0.347 e. The van der Waals surface area contributed by atoms with E-state index in [4.69, 9.17) is 62.7 Å². The Balaban J connectivity index is 1.49. The van der Waals surface area contributed by atoms with Gasteiger partial charge in [-0.2, -0.15) is 0 Å². The van der Waals surface area contributed by atoms with E-state index in [2.05, 4.69) is 15.7 Å². The average molecular weight is 635 g/mol. The second-order valence-electron chi connectivity index (χ2n) is 8.50. The van der Waals surface area contributed by atoms with Crippen molar-refractivity contribution in [3.8, 4) is 5.88 Å². The number of halogens is 5. The summed E-state index contributed by atoms with van der Waals surface area (Å²) in [5.74, 6) is -0.798. The Morgan fingerprint density at radius 1 is 0.750 bits per heavy atom. The molecule has 0 fully saturated rings. The van der Waals surface area contributed by atoms with Crippen molar-refractivity contribution < 1.29 is 14.3 Å². The van der Waals surface area contributed by atoms with Gasteiger partial charge in [-0.15, -0.1) is 5.10 Å². The minimum atomic E-state index is -0.787. The van der Waals surface area contributed by atoms with Crippen molar-refractivity contribution in [3.63, 3.8) is 0 Å². The van der Waals surface area contributed by atoms with E-state index >= 15 is 0 Å². The van der Waals surface area contributed by atoms with Gasteiger partial charge in [-0.05, 0) is 72.3 Å². The van der Waals surface area contributed by atoms with Gasteiger partial charge in [0.2, 0.25) is 5.88 Å². The van der Waals surface area contributed by atoms with Crippen LogP contribution in [0.5, 0.6) is 5.88 Å². The highest BCUT2D eigenvalue weighted by Gasteiger charge is 2.22. The third kappa shape index (κ3) is 6.30. The lowest BCUT2D eigenvalue weighted by molar-refractivity contribution is 0.0729. The van der Waals surface area contributed by atoms with Crippen molar-refractivity contribution in [3.05, 3.63) is 115 Å². The van der Waals surface area contributed by atoms with Crippen LogP contribution in [0.15, 0.2) is 78.9 Å². The van der Waals surface area contributed by atoms with E-state index in [9.17, 15) is 9.59 Å². The molecule has 5 aromatic rings. The molecule has 4 aromatic carbocycles. The molecule has 0 aliphatic carbocycles. The number of aromatic nitrogens is 2. The Bertz CT molecular complexity index is 1740. The number of ether oxygens (including phenoxy) is 1. The molecule has 1 heterocycles.